The van der Waals surface area contributed by atoms with Crippen LogP contribution in [-0.4, -0.2) is 54.6 Å². The van der Waals surface area contributed by atoms with Gasteiger partial charge in [0, 0.05) is 25.8 Å². The van der Waals surface area contributed by atoms with Crippen molar-refractivity contribution >= 4 is 21.9 Å². The van der Waals surface area contributed by atoms with E-state index in [-0.39, 0.29) is 6.54 Å². The number of anilines is 1. The minimum atomic E-state index is -3.70. The molecular weight excluding hydrogens is 364 g/mol. The molecule has 1 amide bonds. The summed E-state index contributed by atoms with van der Waals surface area (Å²) in [6.07, 6.45) is 1.56. The molecule has 1 N–H and O–H groups in total. The molecule has 1 rings (SSSR count). The molecule has 0 bridgehead atoms. The third kappa shape index (κ3) is 8.36. The fraction of sp³-hybridized carbons (Fsp3) is 0.684. The molecule has 0 radical (unpaired) electrons. The molecule has 1 aromatic heterocycles. The molecule has 154 valence electrons. The van der Waals surface area contributed by atoms with E-state index in [1.807, 2.05) is 13.0 Å². The van der Waals surface area contributed by atoms with Crippen molar-refractivity contribution in [3.8, 4) is 0 Å². The van der Waals surface area contributed by atoms with Crippen molar-refractivity contribution in [1.82, 2.24) is 13.6 Å². The highest BCUT2D eigenvalue weighted by Crippen LogP contribution is 2.14. The maximum absolute atomic E-state index is 13.0. The molecule has 0 fully saturated rings. The average molecular weight is 399 g/mol. The molecule has 8 heteroatoms. The van der Waals surface area contributed by atoms with E-state index >= 15 is 0 Å². The zero-order valence-corrected chi connectivity index (χ0v) is 18.2. The van der Waals surface area contributed by atoms with Gasteiger partial charge >= 0.3 is 0 Å². The Balaban J connectivity index is 2.78. The lowest BCUT2D eigenvalue weighted by Gasteiger charge is -2.28. The Labute approximate surface area is 164 Å². The lowest BCUT2D eigenvalue weighted by Crippen LogP contribution is -2.46. The van der Waals surface area contributed by atoms with Gasteiger partial charge in [-0.1, -0.05) is 33.8 Å². The Kier molecular flexibility index (Phi) is 9.35. The van der Waals surface area contributed by atoms with Crippen LogP contribution in [0, 0.1) is 18.8 Å². The van der Waals surface area contributed by atoms with E-state index in [4.69, 9.17) is 0 Å². The number of pyridine rings is 1. The Morgan fingerprint density at radius 3 is 2.15 bits per heavy atom. The quantitative estimate of drug-likeness (QED) is 0.621. The summed E-state index contributed by atoms with van der Waals surface area (Å²) in [6, 6.07) is 5.29. The Hall–Kier alpha value is -1.51. The van der Waals surface area contributed by atoms with E-state index in [1.165, 1.54) is 11.4 Å². The molecule has 1 heterocycles. The molecule has 0 saturated heterocycles. The zero-order valence-electron chi connectivity index (χ0n) is 17.4. The monoisotopic (exact) mass is 398 g/mol. The number of carbonyl (C=O) groups excluding carboxylic acids is 1. The summed E-state index contributed by atoms with van der Waals surface area (Å²) in [5.41, 5.74) is 0.780. The highest BCUT2D eigenvalue weighted by Gasteiger charge is 2.28. The maximum Gasteiger partial charge on any atom is 0.282 e. The smallest absolute Gasteiger partial charge is 0.282 e. The van der Waals surface area contributed by atoms with Crippen LogP contribution in [0.5, 0.6) is 0 Å². The lowest BCUT2D eigenvalue weighted by atomic mass is 10.1. The predicted molar refractivity (Wildman–Crippen MR) is 110 cm³/mol. The van der Waals surface area contributed by atoms with Gasteiger partial charge in [-0.3, -0.25) is 4.79 Å². The highest BCUT2D eigenvalue weighted by atomic mass is 32.2. The van der Waals surface area contributed by atoms with Crippen LogP contribution in [-0.2, 0) is 15.0 Å². The fourth-order valence-corrected chi connectivity index (χ4v) is 3.77. The number of nitrogens with one attached hydrogen (secondary N) is 1. The number of aryl methyl sites for hydroxylation is 1. The van der Waals surface area contributed by atoms with Gasteiger partial charge in [0.05, 0.1) is 6.54 Å². The second-order valence-corrected chi connectivity index (χ2v) is 9.78. The number of amides is 1. The first-order chi connectivity index (χ1) is 12.5. The molecule has 1 aromatic rings. The third-order valence-corrected chi connectivity index (χ3v) is 6.09. The molecular formula is C19H34N4O3S. The maximum atomic E-state index is 13.0. The molecule has 0 aliphatic carbocycles. The van der Waals surface area contributed by atoms with Gasteiger partial charge in [-0.25, -0.2) is 4.98 Å². The molecule has 7 nitrogen and oxygen atoms in total. The van der Waals surface area contributed by atoms with Crippen molar-refractivity contribution in [2.45, 2.75) is 47.5 Å². The van der Waals surface area contributed by atoms with E-state index in [2.05, 4.69) is 38.0 Å². The summed E-state index contributed by atoms with van der Waals surface area (Å²) in [5, 5.41) is 2.65. The van der Waals surface area contributed by atoms with E-state index in [9.17, 15) is 13.2 Å². The van der Waals surface area contributed by atoms with Crippen molar-refractivity contribution in [3.63, 3.8) is 0 Å². The summed E-state index contributed by atoms with van der Waals surface area (Å²) in [6.45, 7) is 10.8. The number of rotatable bonds is 11. The second kappa shape index (κ2) is 10.7. The number of likely N-dealkylation sites (N-methyl/N-ethyl adjacent to an activating group) is 1. The van der Waals surface area contributed by atoms with Crippen LogP contribution >= 0.6 is 0 Å². The molecule has 0 spiro atoms. The predicted octanol–water partition coefficient (Wildman–Crippen LogP) is 2.90. The van der Waals surface area contributed by atoms with E-state index in [1.54, 1.807) is 12.1 Å². The molecule has 0 saturated carbocycles. The Morgan fingerprint density at radius 1 is 1.11 bits per heavy atom. The van der Waals surface area contributed by atoms with E-state index in [0.29, 0.717) is 30.7 Å². The van der Waals surface area contributed by atoms with Crippen LogP contribution < -0.4 is 5.32 Å². The number of hydrogen-bond donors (Lipinski definition) is 1. The van der Waals surface area contributed by atoms with Gasteiger partial charge in [-0.2, -0.15) is 17.0 Å². The normalized spacial score (nSPS) is 12.4. The second-order valence-electron chi connectivity index (χ2n) is 7.74. The number of hydrogen-bond acceptors (Lipinski definition) is 4. The van der Waals surface area contributed by atoms with Crippen LogP contribution in [0.15, 0.2) is 18.2 Å². The van der Waals surface area contributed by atoms with Crippen LogP contribution in [0.3, 0.4) is 0 Å². The standard InChI is InChI=1S/C19H34N4O3S/c1-15(2)10-12-23(13-11-16(3)4)27(25,26)22(6)14-19(24)21-18-9-7-8-17(5)20-18/h7-9,15-16H,10-14H2,1-6H3,(H,20,21,24). The Morgan fingerprint density at radius 2 is 1.67 bits per heavy atom. The van der Waals surface area contributed by atoms with Crippen LogP contribution in [0.1, 0.15) is 46.2 Å². The first-order valence-electron chi connectivity index (χ1n) is 9.47. The summed E-state index contributed by atoms with van der Waals surface area (Å²) < 4.78 is 28.5. The van der Waals surface area contributed by atoms with Crippen molar-refractivity contribution in [2.75, 3.05) is 32.0 Å². The minimum Gasteiger partial charge on any atom is -0.310 e. The largest absolute Gasteiger partial charge is 0.310 e. The van der Waals surface area contributed by atoms with Gasteiger partial charge in [-0.15, -0.1) is 0 Å². The van der Waals surface area contributed by atoms with Crippen LogP contribution in [0.25, 0.3) is 0 Å². The summed E-state index contributed by atoms with van der Waals surface area (Å²) in [4.78, 5) is 16.5. The van der Waals surface area contributed by atoms with Gasteiger partial charge in [0.25, 0.3) is 10.2 Å². The van der Waals surface area contributed by atoms with Crippen molar-refractivity contribution in [3.05, 3.63) is 23.9 Å². The SMILES string of the molecule is Cc1cccc(NC(=O)CN(C)S(=O)(=O)N(CCC(C)C)CCC(C)C)n1. The van der Waals surface area contributed by atoms with E-state index < -0.39 is 16.1 Å². The van der Waals surface area contributed by atoms with Gasteiger partial charge in [0.15, 0.2) is 0 Å². The lowest BCUT2D eigenvalue weighted by molar-refractivity contribution is -0.116. The Bertz CT molecular complexity index is 693. The zero-order chi connectivity index (χ0) is 20.6. The average Bonchev–Trinajstić information content (AvgIpc) is 2.53. The summed E-state index contributed by atoms with van der Waals surface area (Å²) in [7, 11) is -2.26. The van der Waals surface area contributed by atoms with Crippen molar-refractivity contribution in [1.29, 1.82) is 0 Å². The van der Waals surface area contributed by atoms with Crippen LogP contribution in [0.4, 0.5) is 5.82 Å². The third-order valence-electron chi connectivity index (χ3n) is 4.15. The molecule has 0 aliphatic rings. The molecule has 0 unspecified atom stereocenters. The van der Waals surface area contributed by atoms with Gasteiger partial charge in [0.2, 0.25) is 5.91 Å². The fourth-order valence-electron chi connectivity index (χ4n) is 2.42. The van der Waals surface area contributed by atoms with Crippen molar-refractivity contribution < 1.29 is 13.2 Å². The number of aromatic nitrogens is 1. The highest BCUT2D eigenvalue weighted by molar-refractivity contribution is 7.86. The summed E-state index contributed by atoms with van der Waals surface area (Å²) in [5.74, 6) is 0.819. The minimum absolute atomic E-state index is 0.252. The first kappa shape index (κ1) is 23.5. The molecule has 27 heavy (non-hydrogen) atoms. The van der Waals surface area contributed by atoms with E-state index in [0.717, 1.165) is 22.8 Å². The topological polar surface area (TPSA) is 82.6 Å². The van der Waals surface area contributed by atoms with Gasteiger partial charge < -0.3 is 5.32 Å². The number of carbonyl (C=O) groups is 1. The summed E-state index contributed by atoms with van der Waals surface area (Å²) >= 11 is 0. The molecule has 0 aromatic carbocycles. The van der Waals surface area contributed by atoms with Crippen LogP contribution in [0.2, 0.25) is 0 Å². The number of nitrogens with zero attached hydrogens (tertiary/aromatic N) is 3. The van der Waals surface area contributed by atoms with Crippen molar-refractivity contribution in [2.24, 2.45) is 11.8 Å². The molecule has 0 atom stereocenters. The van der Waals surface area contributed by atoms with Gasteiger partial charge in [0.1, 0.15) is 5.82 Å². The molecule has 0 aliphatic heterocycles. The van der Waals surface area contributed by atoms with Gasteiger partial charge in [-0.05, 0) is 43.7 Å². The first-order valence-corrected chi connectivity index (χ1v) is 10.9.